The van der Waals surface area contributed by atoms with Crippen molar-refractivity contribution in [2.75, 3.05) is 12.4 Å². The molecule has 2 aromatic rings. The lowest BCUT2D eigenvalue weighted by atomic mass is 9.96. The Morgan fingerprint density at radius 1 is 1.10 bits per heavy atom. The third-order valence-electron chi connectivity index (χ3n) is 4.51. The maximum Gasteiger partial charge on any atom is 0.416 e. The highest BCUT2D eigenvalue weighted by atomic mass is 19.4. The van der Waals surface area contributed by atoms with Crippen molar-refractivity contribution >= 4 is 17.6 Å². The Morgan fingerprint density at radius 3 is 2.24 bits per heavy atom. The van der Waals surface area contributed by atoms with Crippen LogP contribution < -0.4 is 10.1 Å². The van der Waals surface area contributed by atoms with Gasteiger partial charge in [0.05, 0.1) is 30.7 Å². The molecule has 0 aliphatic rings. The zero-order valence-electron chi connectivity index (χ0n) is 16.0. The largest absolute Gasteiger partial charge is 0.495 e. The molecule has 0 bridgehead atoms. The van der Waals surface area contributed by atoms with Crippen LogP contribution in [0.25, 0.3) is 0 Å². The molecule has 1 amide bonds. The number of hydrogen-bond donors (Lipinski definition) is 2. The highest BCUT2D eigenvalue weighted by Gasteiger charge is 2.30. The molecule has 0 aliphatic carbocycles. The molecular weight excluding hydrogens is 387 g/mol. The molecule has 2 N–H and O–H groups in total. The van der Waals surface area contributed by atoms with Crippen LogP contribution in [-0.2, 0) is 28.6 Å². The summed E-state index contributed by atoms with van der Waals surface area (Å²) in [4.78, 5) is 23.6. The summed E-state index contributed by atoms with van der Waals surface area (Å²) in [6.07, 6.45) is -3.77. The normalized spacial score (nSPS) is 12.3. The van der Waals surface area contributed by atoms with Gasteiger partial charge in [-0.15, -0.1) is 0 Å². The predicted molar refractivity (Wildman–Crippen MR) is 102 cm³/mol. The van der Waals surface area contributed by atoms with Crippen LogP contribution in [0.1, 0.15) is 30.0 Å². The van der Waals surface area contributed by atoms with Crippen LogP contribution in [0.3, 0.4) is 0 Å². The first kappa shape index (κ1) is 22.3. The predicted octanol–water partition coefficient (Wildman–Crippen LogP) is 4.55. The second kappa shape index (κ2) is 9.45. The number of carboxylic acids is 1. The number of halogens is 3. The van der Waals surface area contributed by atoms with Crippen LogP contribution in [0.4, 0.5) is 18.9 Å². The van der Waals surface area contributed by atoms with Crippen molar-refractivity contribution in [2.45, 2.75) is 32.4 Å². The van der Waals surface area contributed by atoms with Crippen LogP contribution in [0.15, 0.2) is 42.5 Å². The molecule has 0 saturated heterocycles. The van der Waals surface area contributed by atoms with E-state index in [0.717, 1.165) is 17.7 Å². The molecule has 2 rings (SSSR count). The fraction of sp³-hybridized carbons (Fsp3) is 0.333. The Hall–Kier alpha value is -3.03. The summed E-state index contributed by atoms with van der Waals surface area (Å²) in [7, 11) is 1.44. The van der Waals surface area contributed by atoms with Gasteiger partial charge in [0.2, 0.25) is 5.91 Å². The van der Waals surface area contributed by atoms with Crippen LogP contribution >= 0.6 is 0 Å². The summed E-state index contributed by atoms with van der Waals surface area (Å²) in [5.74, 6) is -1.46. The van der Waals surface area contributed by atoms with Gasteiger partial charge in [0.1, 0.15) is 5.75 Å². The van der Waals surface area contributed by atoms with Crippen LogP contribution in [0, 0.1) is 5.92 Å². The molecule has 0 heterocycles. The molecule has 0 unspecified atom stereocenters. The average Bonchev–Trinajstić information content (AvgIpc) is 2.65. The Balaban J connectivity index is 2.12. The maximum atomic E-state index is 12.6. The number of benzene rings is 2. The van der Waals surface area contributed by atoms with Crippen molar-refractivity contribution in [1.29, 1.82) is 0 Å². The number of methoxy groups -OCH3 is 1. The van der Waals surface area contributed by atoms with Crippen LogP contribution in [-0.4, -0.2) is 24.1 Å². The van der Waals surface area contributed by atoms with E-state index in [0.29, 0.717) is 29.8 Å². The number of anilines is 1. The highest BCUT2D eigenvalue weighted by Crippen LogP contribution is 2.30. The minimum Gasteiger partial charge on any atom is -0.495 e. The molecule has 0 radical (unpaired) electrons. The van der Waals surface area contributed by atoms with Gasteiger partial charge in [0.15, 0.2) is 0 Å². The van der Waals surface area contributed by atoms with Gasteiger partial charge < -0.3 is 15.2 Å². The van der Waals surface area contributed by atoms with Gasteiger partial charge in [0.25, 0.3) is 0 Å². The van der Waals surface area contributed by atoms with E-state index in [4.69, 9.17) is 4.74 Å². The van der Waals surface area contributed by atoms with Gasteiger partial charge in [0, 0.05) is 0 Å². The average molecular weight is 409 g/mol. The summed E-state index contributed by atoms with van der Waals surface area (Å²) in [6, 6.07) is 9.40. The Bertz CT molecular complexity index is 863. The minimum atomic E-state index is -4.43. The van der Waals surface area contributed by atoms with E-state index >= 15 is 0 Å². The number of carbonyl (C=O) groups excluding carboxylic acids is 1. The van der Waals surface area contributed by atoms with E-state index in [9.17, 15) is 27.9 Å². The summed E-state index contributed by atoms with van der Waals surface area (Å²) >= 11 is 0. The molecule has 29 heavy (non-hydrogen) atoms. The number of rotatable bonds is 8. The van der Waals surface area contributed by atoms with E-state index in [1.807, 2.05) is 0 Å². The first-order valence-electron chi connectivity index (χ1n) is 8.99. The lowest BCUT2D eigenvalue weighted by molar-refractivity contribution is -0.142. The van der Waals surface area contributed by atoms with Gasteiger partial charge in [-0.2, -0.15) is 13.2 Å². The zero-order chi connectivity index (χ0) is 21.6. The number of ether oxygens (including phenoxy) is 1. The number of alkyl halides is 3. The minimum absolute atomic E-state index is 0.113. The van der Waals surface area contributed by atoms with E-state index in [1.165, 1.54) is 19.2 Å². The van der Waals surface area contributed by atoms with Gasteiger partial charge >= 0.3 is 12.1 Å². The molecule has 5 nitrogen and oxygen atoms in total. The Kier molecular flexibility index (Phi) is 7.25. The Labute approximate surface area is 166 Å². The fourth-order valence-corrected chi connectivity index (χ4v) is 2.86. The van der Waals surface area contributed by atoms with Crippen molar-refractivity contribution in [1.82, 2.24) is 0 Å². The summed E-state index contributed by atoms with van der Waals surface area (Å²) in [6.45, 7) is 1.79. The van der Waals surface area contributed by atoms with Gasteiger partial charge in [-0.1, -0.05) is 25.1 Å². The van der Waals surface area contributed by atoms with Crippen molar-refractivity contribution in [3.8, 4) is 5.75 Å². The van der Waals surface area contributed by atoms with Crippen molar-refractivity contribution in [2.24, 2.45) is 5.92 Å². The van der Waals surface area contributed by atoms with Crippen molar-refractivity contribution in [3.63, 3.8) is 0 Å². The molecule has 0 fully saturated rings. The lowest BCUT2D eigenvalue weighted by Gasteiger charge is -2.14. The van der Waals surface area contributed by atoms with Crippen molar-refractivity contribution < 1.29 is 32.6 Å². The maximum absolute atomic E-state index is 12.6. The van der Waals surface area contributed by atoms with E-state index in [1.54, 1.807) is 25.1 Å². The van der Waals surface area contributed by atoms with Gasteiger partial charge in [-0.05, 0) is 48.2 Å². The summed E-state index contributed by atoms with van der Waals surface area (Å²) in [5, 5.41) is 11.9. The highest BCUT2D eigenvalue weighted by molar-refractivity contribution is 5.93. The fourth-order valence-electron chi connectivity index (χ4n) is 2.86. The summed E-state index contributed by atoms with van der Waals surface area (Å²) < 4.78 is 43.1. The monoisotopic (exact) mass is 409 g/mol. The SMILES string of the molecule is CC[C@@H](Cc1ccc(OC)c(NC(=O)Cc2ccc(C(F)(F)F)cc2)c1)C(=O)O. The topological polar surface area (TPSA) is 75.6 Å². The zero-order valence-corrected chi connectivity index (χ0v) is 16.0. The molecule has 0 aromatic heterocycles. The number of amides is 1. The first-order valence-corrected chi connectivity index (χ1v) is 8.99. The molecule has 1 atom stereocenters. The number of hydrogen-bond acceptors (Lipinski definition) is 3. The lowest BCUT2D eigenvalue weighted by Crippen LogP contribution is -2.17. The molecule has 0 aliphatic heterocycles. The second-order valence-electron chi connectivity index (χ2n) is 6.60. The molecule has 8 heteroatoms. The standard InChI is InChI=1S/C21H22F3NO4/c1-3-15(20(27)28)10-14-6-9-18(29-2)17(11-14)25-19(26)12-13-4-7-16(8-5-13)21(22,23)24/h4-9,11,15H,3,10,12H2,1-2H3,(H,25,26)(H,27,28)/t15-/m0/s1. The molecule has 2 aromatic carbocycles. The van der Waals surface area contributed by atoms with Crippen LogP contribution in [0.5, 0.6) is 5.75 Å². The summed E-state index contributed by atoms with van der Waals surface area (Å²) in [5.41, 5.74) is 0.759. The van der Waals surface area contributed by atoms with E-state index in [2.05, 4.69) is 5.32 Å². The molecular formula is C21H22F3NO4. The first-order chi connectivity index (χ1) is 13.6. The van der Waals surface area contributed by atoms with E-state index < -0.39 is 29.5 Å². The van der Waals surface area contributed by atoms with Crippen molar-refractivity contribution in [3.05, 3.63) is 59.2 Å². The number of nitrogens with one attached hydrogen (secondary N) is 1. The van der Waals surface area contributed by atoms with Gasteiger partial charge in [-0.3, -0.25) is 9.59 Å². The third kappa shape index (κ3) is 6.23. The third-order valence-corrected chi connectivity index (χ3v) is 4.51. The molecule has 0 spiro atoms. The molecule has 156 valence electrons. The smallest absolute Gasteiger partial charge is 0.416 e. The van der Waals surface area contributed by atoms with Gasteiger partial charge in [-0.25, -0.2) is 0 Å². The number of carboxylic acid groups (broad SMARTS) is 1. The number of carbonyl (C=O) groups is 2. The van der Waals surface area contributed by atoms with E-state index in [-0.39, 0.29) is 6.42 Å². The quantitative estimate of drug-likeness (QED) is 0.671. The number of aliphatic carboxylic acids is 1. The molecule has 0 saturated carbocycles. The van der Waals surface area contributed by atoms with Crippen LogP contribution in [0.2, 0.25) is 0 Å². The second-order valence-corrected chi connectivity index (χ2v) is 6.60. The Morgan fingerprint density at radius 2 is 1.72 bits per heavy atom.